The lowest BCUT2D eigenvalue weighted by molar-refractivity contribution is -0.0264. The zero-order valence-corrected chi connectivity index (χ0v) is 11.5. The summed E-state index contributed by atoms with van der Waals surface area (Å²) in [7, 11) is 2.03. The summed E-state index contributed by atoms with van der Waals surface area (Å²) in [6.07, 6.45) is -0.182. The second-order valence-electron chi connectivity index (χ2n) is 5.05. The van der Waals surface area contributed by atoms with E-state index < -0.39 is 0 Å². The second kappa shape index (κ2) is 5.22. The average Bonchev–Trinajstić information content (AvgIpc) is 2.91. The molecule has 1 saturated heterocycles. The number of morpholine rings is 1. The van der Waals surface area contributed by atoms with Crippen LogP contribution in [0.1, 0.15) is 17.5 Å². The summed E-state index contributed by atoms with van der Waals surface area (Å²) in [5.74, 6) is 1.01. The Bertz CT molecular complexity index is 611. The SMILES string of the molecule is Cc1cccc(-c2nc(C3CN(C)CCO3)no2)c1O. The fourth-order valence-corrected chi connectivity index (χ4v) is 2.24. The number of aromatic hydroxyl groups is 1. The Hall–Kier alpha value is -1.92. The Balaban J connectivity index is 1.88. The first-order valence-electron chi connectivity index (χ1n) is 6.58. The maximum Gasteiger partial charge on any atom is 0.261 e. The molecule has 1 fully saturated rings. The highest BCUT2D eigenvalue weighted by molar-refractivity contribution is 5.64. The van der Waals surface area contributed by atoms with Crippen LogP contribution < -0.4 is 0 Å². The third-order valence-electron chi connectivity index (χ3n) is 3.47. The van der Waals surface area contributed by atoms with Crippen LogP contribution in [0, 0.1) is 6.92 Å². The minimum Gasteiger partial charge on any atom is -0.507 e. The number of hydrogen-bond acceptors (Lipinski definition) is 6. The molecule has 1 N–H and O–H groups in total. The van der Waals surface area contributed by atoms with E-state index in [2.05, 4.69) is 15.0 Å². The number of rotatable bonds is 2. The van der Waals surface area contributed by atoms with Crippen LogP contribution >= 0.6 is 0 Å². The first-order chi connectivity index (χ1) is 9.65. The highest BCUT2D eigenvalue weighted by atomic mass is 16.5. The summed E-state index contributed by atoms with van der Waals surface area (Å²) in [6.45, 7) is 4.12. The number of benzene rings is 1. The van der Waals surface area contributed by atoms with Gasteiger partial charge in [-0.2, -0.15) is 4.98 Å². The molecule has 1 aromatic heterocycles. The molecule has 0 radical (unpaired) electrons. The van der Waals surface area contributed by atoms with E-state index in [-0.39, 0.29) is 11.9 Å². The van der Waals surface area contributed by atoms with Gasteiger partial charge in [-0.1, -0.05) is 17.3 Å². The van der Waals surface area contributed by atoms with E-state index in [1.807, 2.05) is 26.1 Å². The van der Waals surface area contributed by atoms with Gasteiger partial charge in [0.05, 0.1) is 12.2 Å². The van der Waals surface area contributed by atoms with Crippen LogP contribution in [0.2, 0.25) is 0 Å². The summed E-state index contributed by atoms with van der Waals surface area (Å²) < 4.78 is 10.9. The Morgan fingerprint density at radius 1 is 1.40 bits per heavy atom. The van der Waals surface area contributed by atoms with Crippen molar-refractivity contribution in [2.45, 2.75) is 13.0 Å². The third-order valence-corrected chi connectivity index (χ3v) is 3.47. The lowest BCUT2D eigenvalue weighted by Gasteiger charge is -2.27. The molecule has 6 heteroatoms. The van der Waals surface area contributed by atoms with Gasteiger partial charge in [0, 0.05) is 13.1 Å². The van der Waals surface area contributed by atoms with Crippen LogP contribution in [0.15, 0.2) is 22.7 Å². The van der Waals surface area contributed by atoms with Crippen molar-refractivity contribution in [1.82, 2.24) is 15.0 Å². The molecular weight excluding hydrogens is 258 g/mol. The summed E-state index contributed by atoms with van der Waals surface area (Å²) in [5.41, 5.74) is 1.32. The van der Waals surface area contributed by atoms with Crippen molar-refractivity contribution < 1.29 is 14.4 Å². The number of para-hydroxylation sites is 1. The topological polar surface area (TPSA) is 71.6 Å². The van der Waals surface area contributed by atoms with Gasteiger partial charge in [0.1, 0.15) is 11.9 Å². The lowest BCUT2D eigenvalue weighted by Crippen LogP contribution is -2.35. The summed E-state index contributed by atoms with van der Waals surface area (Å²) in [6, 6.07) is 5.43. The average molecular weight is 275 g/mol. The van der Waals surface area contributed by atoms with E-state index in [9.17, 15) is 5.11 Å². The van der Waals surface area contributed by atoms with Crippen LogP contribution in [0.5, 0.6) is 5.75 Å². The van der Waals surface area contributed by atoms with Crippen molar-refractivity contribution in [3.63, 3.8) is 0 Å². The third kappa shape index (κ3) is 2.39. The predicted molar refractivity (Wildman–Crippen MR) is 72.3 cm³/mol. The van der Waals surface area contributed by atoms with Gasteiger partial charge in [0.25, 0.3) is 5.89 Å². The van der Waals surface area contributed by atoms with E-state index in [0.717, 1.165) is 18.7 Å². The van der Waals surface area contributed by atoms with Gasteiger partial charge in [-0.05, 0) is 25.6 Å². The highest BCUT2D eigenvalue weighted by Gasteiger charge is 2.25. The molecule has 20 heavy (non-hydrogen) atoms. The molecule has 1 atom stereocenters. The van der Waals surface area contributed by atoms with Crippen molar-refractivity contribution in [1.29, 1.82) is 0 Å². The van der Waals surface area contributed by atoms with Gasteiger partial charge >= 0.3 is 0 Å². The molecule has 0 saturated carbocycles. The fourth-order valence-electron chi connectivity index (χ4n) is 2.24. The summed E-state index contributed by atoms with van der Waals surface area (Å²) in [4.78, 5) is 6.51. The molecule has 0 spiro atoms. The molecule has 1 aromatic carbocycles. The number of ether oxygens (including phenoxy) is 1. The van der Waals surface area contributed by atoms with Gasteiger partial charge in [-0.25, -0.2) is 0 Å². The monoisotopic (exact) mass is 275 g/mol. The Labute approximate surface area is 117 Å². The van der Waals surface area contributed by atoms with E-state index in [1.54, 1.807) is 6.07 Å². The van der Waals surface area contributed by atoms with Crippen LogP contribution in [0.3, 0.4) is 0 Å². The molecule has 106 valence electrons. The zero-order valence-electron chi connectivity index (χ0n) is 11.5. The van der Waals surface area contributed by atoms with Crippen molar-refractivity contribution in [2.24, 2.45) is 0 Å². The van der Waals surface area contributed by atoms with Gasteiger partial charge in [-0.15, -0.1) is 0 Å². The van der Waals surface area contributed by atoms with Crippen molar-refractivity contribution in [2.75, 3.05) is 26.7 Å². The molecule has 0 bridgehead atoms. The Kier molecular flexibility index (Phi) is 3.42. The van der Waals surface area contributed by atoms with Crippen molar-refractivity contribution in [3.8, 4) is 17.2 Å². The molecule has 2 heterocycles. The first kappa shape index (κ1) is 13.1. The number of aromatic nitrogens is 2. The van der Waals surface area contributed by atoms with E-state index in [1.165, 1.54) is 0 Å². The quantitative estimate of drug-likeness (QED) is 0.900. The minimum atomic E-state index is -0.182. The number of likely N-dealkylation sites (N-methyl/N-ethyl adjacent to an activating group) is 1. The minimum absolute atomic E-state index is 0.171. The van der Waals surface area contributed by atoms with Crippen LogP contribution in [0.4, 0.5) is 0 Å². The fraction of sp³-hybridized carbons (Fsp3) is 0.429. The normalized spacial score (nSPS) is 20.2. The van der Waals surface area contributed by atoms with E-state index in [4.69, 9.17) is 9.26 Å². The number of nitrogens with zero attached hydrogens (tertiary/aromatic N) is 3. The van der Waals surface area contributed by atoms with Gasteiger partial charge in [0.2, 0.25) is 5.82 Å². The van der Waals surface area contributed by atoms with Gasteiger partial charge < -0.3 is 19.3 Å². The largest absolute Gasteiger partial charge is 0.507 e. The van der Waals surface area contributed by atoms with Crippen LogP contribution in [-0.2, 0) is 4.74 Å². The van der Waals surface area contributed by atoms with E-state index in [0.29, 0.717) is 23.9 Å². The smallest absolute Gasteiger partial charge is 0.261 e. The number of aryl methyl sites for hydroxylation is 1. The molecule has 2 aromatic rings. The maximum absolute atomic E-state index is 10.0. The zero-order chi connectivity index (χ0) is 14.1. The van der Waals surface area contributed by atoms with Gasteiger partial charge in [-0.3, -0.25) is 0 Å². The van der Waals surface area contributed by atoms with Crippen LogP contribution in [0.25, 0.3) is 11.5 Å². The number of phenolic OH excluding ortho intramolecular Hbond substituents is 1. The molecule has 6 nitrogen and oxygen atoms in total. The Morgan fingerprint density at radius 2 is 2.25 bits per heavy atom. The summed E-state index contributed by atoms with van der Waals surface area (Å²) in [5, 5.41) is 14.0. The number of phenols is 1. The molecular formula is C14H17N3O3. The first-order valence-corrected chi connectivity index (χ1v) is 6.58. The molecule has 0 amide bonds. The summed E-state index contributed by atoms with van der Waals surface area (Å²) >= 11 is 0. The van der Waals surface area contributed by atoms with Gasteiger partial charge in [0.15, 0.2) is 0 Å². The standard InChI is InChI=1S/C14H17N3O3/c1-9-4-3-5-10(12(9)18)14-15-13(16-20-14)11-8-17(2)6-7-19-11/h3-5,11,18H,6-8H2,1-2H3. The van der Waals surface area contributed by atoms with Crippen molar-refractivity contribution >= 4 is 0 Å². The second-order valence-corrected chi connectivity index (χ2v) is 5.05. The molecule has 1 unspecified atom stereocenters. The molecule has 1 aliphatic rings. The van der Waals surface area contributed by atoms with Crippen molar-refractivity contribution in [3.05, 3.63) is 29.6 Å². The lowest BCUT2D eigenvalue weighted by atomic mass is 10.1. The highest BCUT2D eigenvalue weighted by Crippen LogP contribution is 2.31. The number of hydrogen-bond donors (Lipinski definition) is 1. The molecule has 3 rings (SSSR count). The molecule has 0 aliphatic carbocycles. The van der Waals surface area contributed by atoms with E-state index >= 15 is 0 Å². The maximum atomic E-state index is 10.0. The molecule has 1 aliphatic heterocycles. The van der Waals surface area contributed by atoms with Crippen LogP contribution in [-0.4, -0.2) is 46.9 Å². The Morgan fingerprint density at radius 3 is 3.05 bits per heavy atom. The predicted octanol–water partition coefficient (Wildman–Crippen LogP) is 1.75.